The fourth-order valence-electron chi connectivity index (χ4n) is 2.80. The van der Waals surface area contributed by atoms with Crippen molar-refractivity contribution in [3.63, 3.8) is 0 Å². The number of nitro groups is 1. The molecule has 104 valence electrons. The van der Waals surface area contributed by atoms with Gasteiger partial charge in [-0.2, -0.15) is 0 Å². The summed E-state index contributed by atoms with van der Waals surface area (Å²) in [5.41, 5.74) is 7.45. The average molecular weight is 327 g/mol. The van der Waals surface area contributed by atoms with E-state index in [1.165, 1.54) is 25.7 Å². The molecule has 19 heavy (non-hydrogen) atoms. The summed E-state index contributed by atoms with van der Waals surface area (Å²) >= 11 is 3.40. The monoisotopic (exact) mass is 326 g/mol. The van der Waals surface area contributed by atoms with E-state index in [2.05, 4.69) is 15.9 Å². The van der Waals surface area contributed by atoms with Crippen molar-refractivity contribution in [3.05, 3.63) is 38.3 Å². The highest BCUT2D eigenvalue weighted by Gasteiger charge is 2.22. The summed E-state index contributed by atoms with van der Waals surface area (Å²) in [6.45, 7) is 0. The number of halogens is 1. The van der Waals surface area contributed by atoms with Crippen molar-refractivity contribution in [1.29, 1.82) is 0 Å². The van der Waals surface area contributed by atoms with Crippen LogP contribution in [-0.2, 0) is 6.42 Å². The van der Waals surface area contributed by atoms with Crippen molar-refractivity contribution in [1.82, 2.24) is 0 Å². The summed E-state index contributed by atoms with van der Waals surface area (Å²) in [5.74, 6) is 0.664. The Morgan fingerprint density at radius 3 is 2.68 bits per heavy atom. The highest BCUT2D eigenvalue weighted by atomic mass is 79.9. The Labute approximate surface area is 121 Å². The molecule has 2 rings (SSSR count). The molecule has 1 atom stereocenters. The lowest BCUT2D eigenvalue weighted by Crippen LogP contribution is -2.28. The van der Waals surface area contributed by atoms with Crippen LogP contribution in [-0.4, -0.2) is 11.0 Å². The third kappa shape index (κ3) is 3.76. The van der Waals surface area contributed by atoms with E-state index in [0.717, 1.165) is 22.9 Å². The zero-order chi connectivity index (χ0) is 13.8. The van der Waals surface area contributed by atoms with E-state index in [-0.39, 0.29) is 16.7 Å². The van der Waals surface area contributed by atoms with Crippen LogP contribution >= 0.6 is 15.9 Å². The zero-order valence-electron chi connectivity index (χ0n) is 10.8. The molecule has 5 heteroatoms. The molecule has 0 aromatic heterocycles. The van der Waals surface area contributed by atoms with Crippen LogP contribution in [0.3, 0.4) is 0 Å². The van der Waals surface area contributed by atoms with Gasteiger partial charge in [-0.15, -0.1) is 0 Å². The van der Waals surface area contributed by atoms with Gasteiger partial charge in [-0.25, -0.2) is 0 Å². The maximum atomic E-state index is 10.7. The molecule has 1 fully saturated rings. The molecule has 1 aromatic rings. The van der Waals surface area contributed by atoms with Crippen molar-refractivity contribution in [2.75, 3.05) is 0 Å². The maximum Gasteiger partial charge on any atom is 0.270 e. The van der Waals surface area contributed by atoms with E-state index < -0.39 is 0 Å². The summed E-state index contributed by atoms with van der Waals surface area (Å²) in [4.78, 5) is 10.3. The third-order valence-corrected chi connectivity index (χ3v) is 4.74. The molecule has 0 spiro atoms. The summed E-state index contributed by atoms with van der Waals surface area (Å²) in [7, 11) is 0. The Morgan fingerprint density at radius 1 is 1.42 bits per heavy atom. The largest absolute Gasteiger partial charge is 0.327 e. The second-order valence-electron chi connectivity index (χ2n) is 5.28. The van der Waals surface area contributed by atoms with Crippen molar-refractivity contribution in [3.8, 4) is 0 Å². The molecule has 0 radical (unpaired) electrons. The van der Waals surface area contributed by atoms with E-state index in [9.17, 15) is 10.1 Å². The van der Waals surface area contributed by atoms with Gasteiger partial charge in [-0.05, 0) is 37.2 Å². The summed E-state index contributed by atoms with van der Waals surface area (Å²) in [5, 5.41) is 10.7. The summed E-state index contributed by atoms with van der Waals surface area (Å²) in [6.07, 6.45) is 6.93. The molecule has 1 aromatic carbocycles. The Kier molecular flexibility index (Phi) is 4.93. The van der Waals surface area contributed by atoms with Crippen LogP contribution in [0.1, 0.15) is 37.7 Å². The van der Waals surface area contributed by atoms with Crippen LogP contribution in [0.2, 0.25) is 0 Å². The first-order valence-electron chi connectivity index (χ1n) is 6.76. The Hall–Kier alpha value is -0.940. The molecule has 0 saturated heterocycles. The zero-order valence-corrected chi connectivity index (χ0v) is 12.4. The van der Waals surface area contributed by atoms with Gasteiger partial charge in [0, 0.05) is 22.6 Å². The minimum Gasteiger partial charge on any atom is -0.327 e. The number of nitrogens with zero attached hydrogens (tertiary/aromatic N) is 1. The third-order valence-electron chi connectivity index (χ3n) is 4.00. The molecule has 1 unspecified atom stereocenters. The molecule has 1 saturated carbocycles. The predicted molar refractivity (Wildman–Crippen MR) is 79.1 cm³/mol. The minimum atomic E-state index is -0.376. The van der Waals surface area contributed by atoms with Gasteiger partial charge in [0.2, 0.25) is 0 Å². The lowest BCUT2D eigenvalue weighted by Gasteiger charge is -2.18. The quantitative estimate of drug-likeness (QED) is 0.660. The molecule has 1 aliphatic rings. The van der Waals surface area contributed by atoms with Crippen LogP contribution in [0, 0.1) is 16.0 Å². The van der Waals surface area contributed by atoms with Gasteiger partial charge in [-0.1, -0.05) is 34.8 Å². The fourth-order valence-corrected chi connectivity index (χ4v) is 3.36. The molecule has 2 N–H and O–H groups in total. The van der Waals surface area contributed by atoms with E-state index >= 15 is 0 Å². The van der Waals surface area contributed by atoms with Crippen LogP contribution in [0.5, 0.6) is 0 Å². The summed E-state index contributed by atoms with van der Waals surface area (Å²) < 4.78 is 0.806. The first kappa shape index (κ1) is 14.5. The second kappa shape index (κ2) is 6.48. The molecular weight excluding hydrogens is 308 g/mol. The molecular formula is C14H19BrN2O2. The van der Waals surface area contributed by atoms with Gasteiger partial charge in [-0.3, -0.25) is 10.1 Å². The molecule has 0 bridgehead atoms. The van der Waals surface area contributed by atoms with Gasteiger partial charge in [0.05, 0.1) is 4.92 Å². The number of nitro benzene ring substituents is 1. The topological polar surface area (TPSA) is 69.2 Å². The number of aryl methyl sites for hydroxylation is 1. The Balaban J connectivity index is 1.93. The van der Waals surface area contributed by atoms with E-state index in [0.29, 0.717) is 5.92 Å². The van der Waals surface area contributed by atoms with Crippen LogP contribution < -0.4 is 5.73 Å². The van der Waals surface area contributed by atoms with Crippen LogP contribution in [0.25, 0.3) is 0 Å². The van der Waals surface area contributed by atoms with Crippen molar-refractivity contribution in [2.24, 2.45) is 11.7 Å². The first-order valence-corrected chi connectivity index (χ1v) is 7.55. The highest BCUT2D eigenvalue weighted by Crippen LogP contribution is 2.30. The van der Waals surface area contributed by atoms with E-state index in [1.807, 2.05) is 6.07 Å². The van der Waals surface area contributed by atoms with Crippen LogP contribution in [0.15, 0.2) is 22.7 Å². The second-order valence-corrected chi connectivity index (χ2v) is 6.13. The molecule has 0 heterocycles. The first-order chi connectivity index (χ1) is 9.08. The van der Waals surface area contributed by atoms with E-state index in [4.69, 9.17) is 5.73 Å². The number of benzene rings is 1. The lowest BCUT2D eigenvalue weighted by atomic mass is 9.93. The number of non-ortho nitro benzene ring substituents is 1. The Bertz CT molecular complexity index is 459. The molecule has 1 aliphatic carbocycles. The van der Waals surface area contributed by atoms with Gasteiger partial charge in [0.25, 0.3) is 5.69 Å². The van der Waals surface area contributed by atoms with Gasteiger partial charge in [0.1, 0.15) is 0 Å². The molecule has 4 nitrogen and oxygen atoms in total. The average Bonchev–Trinajstić information content (AvgIpc) is 2.90. The number of hydrogen-bond acceptors (Lipinski definition) is 3. The van der Waals surface area contributed by atoms with Gasteiger partial charge < -0.3 is 5.73 Å². The summed E-state index contributed by atoms with van der Waals surface area (Å²) in [6, 6.07) is 5.20. The normalized spacial score (nSPS) is 17.6. The SMILES string of the molecule is NC(CCc1ccc([N+](=O)[O-])cc1Br)C1CCCC1. The van der Waals surface area contributed by atoms with Gasteiger partial charge >= 0.3 is 0 Å². The lowest BCUT2D eigenvalue weighted by molar-refractivity contribution is -0.384. The highest BCUT2D eigenvalue weighted by molar-refractivity contribution is 9.10. The van der Waals surface area contributed by atoms with E-state index in [1.54, 1.807) is 12.1 Å². The van der Waals surface area contributed by atoms with Crippen molar-refractivity contribution < 1.29 is 4.92 Å². The standard InChI is InChI=1S/C14H19BrN2O2/c15-13-9-12(17(18)19)7-5-10(13)6-8-14(16)11-3-1-2-4-11/h5,7,9,11,14H,1-4,6,8,16H2. The number of hydrogen-bond donors (Lipinski definition) is 1. The number of nitrogens with two attached hydrogens (primary N) is 1. The van der Waals surface area contributed by atoms with Crippen molar-refractivity contribution in [2.45, 2.75) is 44.6 Å². The van der Waals surface area contributed by atoms with Crippen molar-refractivity contribution >= 4 is 21.6 Å². The minimum absolute atomic E-state index is 0.121. The molecule has 0 aliphatic heterocycles. The smallest absolute Gasteiger partial charge is 0.270 e. The molecule has 0 amide bonds. The fraction of sp³-hybridized carbons (Fsp3) is 0.571. The van der Waals surface area contributed by atoms with Crippen LogP contribution in [0.4, 0.5) is 5.69 Å². The maximum absolute atomic E-state index is 10.7. The number of rotatable bonds is 5. The Morgan fingerprint density at radius 2 is 2.11 bits per heavy atom. The predicted octanol–water partition coefficient (Wildman–Crippen LogP) is 3.81. The van der Waals surface area contributed by atoms with Gasteiger partial charge in [0.15, 0.2) is 0 Å².